The Morgan fingerprint density at radius 2 is 2.16 bits per heavy atom. The Morgan fingerprint density at radius 3 is 2.74 bits per heavy atom. The maximum Gasteiger partial charge on any atom is 0.312 e. The Kier molecular flexibility index (Phi) is 3.39. The third kappa shape index (κ3) is 2.50. The molecule has 0 bridgehead atoms. The SMILES string of the molecule is Cc1nn(Cc2nc(N)ccc2Cl)c(C)c1[N+](=O)[O-]. The van der Waals surface area contributed by atoms with Crippen LogP contribution in [0.5, 0.6) is 0 Å². The van der Waals surface area contributed by atoms with Crippen molar-refractivity contribution in [3.05, 3.63) is 44.4 Å². The van der Waals surface area contributed by atoms with Gasteiger partial charge in [0.25, 0.3) is 0 Å². The first-order valence-corrected chi connectivity index (χ1v) is 5.87. The summed E-state index contributed by atoms with van der Waals surface area (Å²) >= 11 is 6.01. The van der Waals surface area contributed by atoms with Gasteiger partial charge in [0.05, 0.1) is 22.2 Å². The van der Waals surface area contributed by atoms with Gasteiger partial charge in [-0.15, -0.1) is 0 Å². The van der Waals surface area contributed by atoms with Crippen molar-refractivity contribution in [1.82, 2.24) is 14.8 Å². The van der Waals surface area contributed by atoms with Gasteiger partial charge in [0.2, 0.25) is 0 Å². The lowest BCUT2D eigenvalue weighted by Gasteiger charge is -2.06. The van der Waals surface area contributed by atoms with E-state index < -0.39 is 4.92 Å². The third-order valence-corrected chi connectivity index (χ3v) is 3.11. The van der Waals surface area contributed by atoms with Crippen LogP contribution in [-0.2, 0) is 6.54 Å². The van der Waals surface area contributed by atoms with Gasteiger partial charge >= 0.3 is 5.69 Å². The van der Waals surface area contributed by atoms with E-state index >= 15 is 0 Å². The number of pyridine rings is 1. The molecular formula is C11H12ClN5O2. The number of aromatic nitrogens is 3. The van der Waals surface area contributed by atoms with E-state index in [9.17, 15) is 10.1 Å². The molecule has 0 aromatic carbocycles. The normalized spacial score (nSPS) is 10.7. The summed E-state index contributed by atoms with van der Waals surface area (Å²) in [5, 5.41) is 15.5. The van der Waals surface area contributed by atoms with Crippen LogP contribution in [0.4, 0.5) is 11.5 Å². The molecule has 7 nitrogen and oxygen atoms in total. The van der Waals surface area contributed by atoms with Crippen molar-refractivity contribution < 1.29 is 4.92 Å². The standard InChI is InChI=1S/C11H12ClN5O2/c1-6-11(17(18)19)7(2)16(15-6)5-9-8(12)3-4-10(13)14-9/h3-4H,5H2,1-2H3,(H2,13,14). The number of hydrogen-bond acceptors (Lipinski definition) is 5. The average molecular weight is 282 g/mol. The highest BCUT2D eigenvalue weighted by molar-refractivity contribution is 6.31. The topological polar surface area (TPSA) is 99.9 Å². The quantitative estimate of drug-likeness (QED) is 0.686. The van der Waals surface area contributed by atoms with Crippen molar-refractivity contribution >= 4 is 23.1 Å². The second kappa shape index (κ2) is 4.85. The number of halogens is 1. The van der Waals surface area contributed by atoms with Gasteiger partial charge in [-0.2, -0.15) is 5.10 Å². The Balaban J connectivity index is 2.42. The van der Waals surface area contributed by atoms with Crippen molar-refractivity contribution in [2.75, 3.05) is 5.73 Å². The van der Waals surface area contributed by atoms with E-state index in [4.69, 9.17) is 17.3 Å². The lowest BCUT2D eigenvalue weighted by molar-refractivity contribution is -0.386. The Bertz CT molecular complexity index is 653. The third-order valence-electron chi connectivity index (χ3n) is 2.77. The zero-order chi connectivity index (χ0) is 14.2. The van der Waals surface area contributed by atoms with Crippen molar-refractivity contribution in [2.45, 2.75) is 20.4 Å². The summed E-state index contributed by atoms with van der Waals surface area (Å²) in [7, 11) is 0. The van der Waals surface area contributed by atoms with Crippen molar-refractivity contribution in [3.8, 4) is 0 Å². The maximum atomic E-state index is 10.9. The minimum absolute atomic E-state index is 0.0139. The summed E-state index contributed by atoms with van der Waals surface area (Å²) in [4.78, 5) is 14.6. The summed E-state index contributed by atoms with van der Waals surface area (Å²) in [6.45, 7) is 3.47. The monoisotopic (exact) mass is 281 g/mol. The van der Waals surface area contributed by atoms with Crippen molar-refractivity contribution in [1.29, 1.82) is 0 Å². The molecule has 0 aliphatic rings. The number of aryl methyl sites for hydroxylation is 1. The van der Waals surface area contributed by atoms with Crippen LogP contribution in [0.2, 0.25) is 5.02 Å². The minimum atomic E-state index is -0.442. The van der Waals surface area contributed by atoms with Crippen LogP contribution in [-0.4, -0.2) is 19.7 Å². The molecule has 2 N–H and O–H groups in total. The lowest BCUT2D eigenvalue weighted by Crippen LogP contribution is -2.07. The number of nitrogen functional groups attached to an aromatic ring is 1. The Morgan fingerprint density at radius 1 is 1.47 bits per heavy atom. The lowest BCUT2D eigenvalue weighted by atomic mass is 10.3. The Hall–Kier alpha value is -2.15. The average Bonchev–Trinajstić information content (AvgIpc) is 2.59. The minimum Gasteiger partial charge on any atom is -0.384 e. The van der Waals surface area contributed by atoms with Gasteiger partial charge in [-0.3, -0.25) is 14.8 Å². The second-order valence-electron chi connectivity index (χ2n) is 4.10. The molecule has 0 aliphatic carbocycles. The first-order valence-electron chi connectivity index (χ1n) is 5.49. The highest BCUT2D eigenvalue weighted by Crippen LogP contribution is 2.24. The van der Waals surface area contributed by atoms with Crippen molar-refractivity contribution in [3.63, 3.8) is 0 Å². The first kappa shape index (κ1) is 13.3. The van der Waals surface area contributed by atoms with Crippen LogP contribution in [0.3, 0.4) is 0 Å². The summed E-state index contributed by atoms with van der Waals surface area (Å²) in [5.41, 5.74) is 6.96. The van der Waals surface area contributed by atoms with Gasteiger partial charge in [-0.1, -0.05) is 11.6 Å². The second-order valence-corrected chi connectivity index (χ2v) is 4.51. The van der Waals surface area contributed by atoms with Crippen LogP contribution < -0.4 is 5.73 Å². The molecule has 0 saturated carbocycles. The molecule has 0 spiro atoms. The van der Waals surface area contributed by atoms with Gasteiger partial charge in [0.15, 0.2) is 0 Å². The highest BCUT2D eigenvalue weighted by atomic mass is 35.5. The summed E-state index contributed by atoms with van der Waals surface area (Å²) in [6.07, 6.45) is 0. The molecule has 0 aliphatic heterocycles. The molecule has 2 rings (SSSR count). The highest BCUT2D eigenvalue weighted by Gasteiger charge is 2.22. The molecule has 0 unspecified atom stereocenters. The van der Waals surface area contributed by atoms with Crippen LogP contribution in [0.1, 0.15) is 17.1 Å². The molecule has 0 fully saturated rings. The van der Waals surface area contributed by atoms with E-state index in [2.05, 4.69) is 10.1 Å². The Labute approximate surface area is 114 Å². The van der Waals surface area contributed by atoms with E-state index in [0.29, 0.717) is 27.9 Å². The molecule has 2 heterocycles. The summed E-state index contributed by atoms with van der Waals surface area (Å²) < 4.78 is 1.50. The van der Waals surface area contributed by atoms with Crippen molar-refractivity contribution in [2.24, 2.45) is 0 Å². The predicted octanol–water partition coefficient (Wildman–Crippen LogP) is 2.09. The number of hydrogen-bond donors (Lipinski definition) is 1. The van der Waals surface area contributed by atoms with Crippen LogP contribution in [0, 0.1) is 24.0 Å². The molecule has 0 amide bonds. The summed E-state index contributed by atoms with van der Waals surface area (Å²) in [6, 6.07) is 3.23. The fourth-order valence-corrected chi connectivity index (χ4v) is 2.02. The molecule has 8 heteroatoms. The van der Waals surface area contributed by atoms with Gasteiger partial charge < -0.3 is 5.73 Å². The smallest absolute Gasteiger partial charge is 0.312 e. The van der Waals surface area contributed by atoms with Gasteiger partial charge in [0, 0.05) is 0 Å². The van der Waals surface area contributed by atoms with Gasteiger partial charge in [0.1, 0.15) is 17.2 Å². The number of anilines is 1. The van der Waals surface area contributed by atoms with Gasteiger partial charge in [-0.05, 0) is 26.0 Å². The number of nitrogens with zero attached hydrogens (tertiary/aromatic N) is 4. The number of rotatable bonds is 3. The fraction of sp³-hybridized carbons (Fsp3) is 0.273. The maximum absolute atomic E-state index is 10.9. The molecule has 0 atom stereocenters. The van der Waals surface area contributed by atoms with E-state index in [0.717, 1.165) is 0 Å². The zero-order valence-electron chi connectivity index (χ0n) is 10.4. The molecular weight excluding hydrogens is 270 g/mol. The van der Waals surface area contributed by atoms with E-state index in [1.807, 2.05) is 0 Å². The molecule has 2 aromatic heterocycles. The van der Waals surface area contributed by atoms with Crippen LogP contribution >= 0.6 is 11.6 Å². The molecule has 0 radical (unpaired) electrons. The molecule has 19 heavy (non-hydrogen) atoms. The fourth-order valence-electron chi connectivity index (χ4n) is 1.86. The van der Waals surface area contributed by atoms with Crippen LogP contribution in [0.15, 0.2) is 12.1 Å². The molecule has 100 valence electrons. The first-order chi connectivity index (χ1) is 8.90. The van der Waals surface area contributed by atoms with Gasteiger partial charge in [-0.25, -0.2) is 4.98 Å². The summed E-state index contributed by atoms with van der Waals surface area (Å²) in [5.74, 6) is 0.343. The molecule has 0 saturated heterocycles. The number of nitro groups is 1. The van der Waals surface area contributed by atoms with E-state index in [1.165, 1.54) is 4.68 Å². The molecule has 2 aromatic rings. The van der Waals surface area contributed by atoms with E-state index in [1.54, 1.807) is 26.0 Å². The zero-order valence-corrected chi connectivity index (χ0v) is 11.2. The predicted molar refractivity (Wildman–Crippen MR) is 71.1 cm³/mol. The number of nitrogens with two attached hydrogens (primary N) is 1. The van der Waals surface area contributed by atoms with Crippen LogP contribution in [0.25, 0.3) is 0 Å². The largest absolute Gasteiger partial charge is 0.384 e. The van der Waals surface area contributed by atoms with E-state index in [-0.39, 0.29) is 12.2 Å².